The zero-order valence-corrected chi connectivity index (χ0v) is 9.08. The zero-order chi connectivity index (χ0) is 11.7. The Hall–Kier alpha value is -1.53. The number of hydrogen-bond donors (Lipinski definition) is 3. The van der Waals surface area contributed by atoms with Gasteiger partial charge < -0.3 is 16.2 Å². The first-order valence-corrected chi connectivity index (χ1v) is 5.61. The zero-order valence-electron chi connectivity index (χ0n) is 8.27. The van der Waals surface area contributed by atoms with Crippen LogP contribution in [0.15, 0.2) is 23.1 Å². The number of rotatable bonds is 2. The lowest BCUT2D eigenvalue weighted by molar-refractivity contribution is -0.138. The molecule has 6 heteroatoms. The molecule has 0 aliphatic carbocycles. The van der Waals surface area contributed by atoms with Gasteiger partial charge in [-0.3, -0.25) is 9.59 Å². The average Bonchev–Trinajstić information content (AvgIpc) is 2.27. The predicted molar refractivity (Wildman–Crippen MR) is 60.4 cm³/mol. The quantitative estimate of drug-likeness (QED) is 0.709. The molecule has 1 amide bonds. The van der Waals surface area contributed by atoms with E-state index in [9.17, 15) is 9.59 Å². The van der Waals surface area contributed by atoms with Crippen molar-refractivity contribution >= 4 is 29.3 Å². The van der Waals surface area contributed by atoms with Crippen LogP contribution in [0, 0.1) is 0 Å². The number of thioether (sulfide) groups is 1. The van der Waals surface area contributed by atoms with Crippen LogP contribution in [0.25, 0.3) is 0 Å². The van der Waals surface area contributed by atoms with E-state index in [1.807, 2.05) is 0 Å². The molecule has 1 aromatic carbocycles. The largest absolute Gasteiger partial charge is 0.480 e. The highest BCUT2D eigenvalue weighted by Crippen LogP contribution is 2.33. The lowest BCUT2D eigenvalue weighted by atomic mass is 10.1. The summed E-state index contributed by atoms with van der Waals surface area (Å²) in [7, 11) is 0. The number of benzene rings is 1. The summed E-state index contributed by atoms with van der Waals surface area (Å²) in [6.45, 7) is 0. The van der Waals surface area contributed by atoms with E-state index in [1.165, 1.54) is 11.8 Å². The fourth-order valence-electron chi connectivity index (χ4n) is 1.43. The van der Waals surface area contributed by atoms with Gasteiger partial charge in [-0.1, -0.05) is 6.07 Å². The van der Waals surface area contributed by atoms with Crippen molar-refractivity contribution in [2.24, 2.45) is 5.73 Å². The molecule has 84 valence electrons. The van der Waals surface area contributed by atoms with Crippen molar-refractivity contribution in [2.75, 3.05) is 11.1 Å². The molecule has 1 atom stereocenters. The van der Waals surface area contributed by atoms with Crippen LogP contribution in [0.2, 0.25) is 0 Å². The average molecular weight is 238 g/mol. The van der Waals surface area contributed by atoms with Gasteiger partial charge in [0, 0.05) is 4.90 Å². The van der Waals surface area contributed by atoms with E-state index >= 15 is 0 Å². The number of nitrogens with two attached hydrogens (primary N) is 1. The molecule has 0 fully saturated rings. The number of hydrogen-bond acceptors (Lipinski definition) is 4. The molecule has 0 aromatic heterocycles. The second-order valence-corrected chi connectivity index (χ2v) is 4.43. The van der Waals surface area contributed by atoms with Gasteiger partial charge in [-0.15, -0.1) is 11.8 Å². The Bertz CT molecular complexity index is 461. The summed E-state index contributed by atoms with van der Waals surface area (Å²) >= 11 is 1.38. The Morgan fingerprint density at radius 2 is 2.31 bits per heavy atom. The number of aliphatic carboxylic acids is 1. The minimum atomic E-state index is -1.07. The van der Waals surface area contributed by atoms with Gasteiger partial charge in [-0.2, -0.15) is 0 Å². The molecule has 0 radical (unpaired) electrons. The second kappa shape index (κ2) is 4.15. The maximum Gasteiger partial charge on any atom is 0.325 e. The van der Waals surface area contributed by atoms with Gasteiger partial charge in [0.05, 0.1) is 11.4 Å². The monoisotopic (exact) mass is 238 g/mol. The van der Waals surface area contributed by atoms with Crippen molar-refractivity contribution in [3.05, 3.63) is 23.8 Å². The number of anilines is 1. The number of carbonyl (C=O) groups excluding carboxylic acids is 1. The van der Waals surface area contributed by atoms with Crippen LogP contribution in [-0.4, -0.2) is 22.7 Å². The van der Waals surface area contributed by atoms with Crippen LogP contribution in [0.3, 0.4) is 0 Å². The number of carbonyl (C=O) groups is 2. The topological polar surface area (TPSA) is 92.4 Å². The van der Waals surface area contributed by atoms with Gasteiger partial charge in [0.1, 0.15) is 6.04 Å². The lowest BCUT2D eigenvalue weighted by Gasteiger charge is -2.17. The maximum atomic E-state index is 11.1. The summed E-state index contributed by atoms with van der Waals surface area (Å²) in [5.41, 5.74) is 6.75. The molecular formula is C10H10N2O3S. The van der Waals surface area contributed by atoms with E-state index < -0.39 is 12.0 Å². The molecule has 1 aliphatic heterocycles. The van der Waals surface area contributed by atoms with Gasteiger partial charge in [0.25, 0.3) is 0 Å². The van der Waals surface area contributed by atoms with Crippen molar-refractivity contribution in [2.45, 2.75) is 10.9 Å². The first-order valence-electron chi connectivity index (χ1n) is 4.63. The number of nitrogens with one attached hydrogen (secondary N) is 1. The molecule has 0 saturated carbocycles. The third-order valence-electron chi connectivity index (χ3n) is 2.26. The molecule has 1 aromatic rings. The molecule has 0 saturated heterocycles. The summed E-state index contributed by atoms with van der Waals surface area (Å²) in [6.07, 6.45) is 0. The minimum absolute atomic E-state index is 0.0483. The van der Waals surface area contributed by atoms with Crippen molar-refractivity contribution < 1.29 is 14.7 Å². The molecule has 2 rings (SSSR count). The first kappa shape index (κ1) is 11.0. The van der Waals surface area contributed by atoms with Crippen LogP contribution >= 0.6 is 11.8 Å². The SMILES string of the molecule is NC(C(=O)O)c1ccc2c(c1)SCC(=O)N2. The fraction of sp³-hybridized carbons (Fsp3) is 0.200. The number of carboxylic acid groups (broad SMARTS) is 1. The van der Waals surface area contributed by atoms with Crippen LogP contribution in [0.1, 0.15) is 11.6 Å². The molecule has 1 aliphatic rings. The molecule has 5 nitrogen and oxygen atoms in total. The second-order valence-electron chi connectivity index (χ2n) is 3.41. The highest BCUT2D eigenvalue weighted by atomic mass is 32.2. The van der Waals surface area contributed by atoms with Gasteiger partial charge in [-0.25, -0.2) is 0 Å². The first-order chi connectivity index (χ1) is 7.58. The summed E-state index contributed by atoms with van der Waals surface area (Å²) in [5.74, 6) is -0.767. The molecule has 1 unspecified atom stereocenters. The van der Waals surface area contributed by atoms with E-state index in [4.69, 9.17) is 10.8 Å². The Morgan fingerprint density at radius 1 is 1.56 bits per heavy atom. The highest BCUT2D eigenvalue weighted by Gasteiger charge is 2.19. The standard InChI is InChI=1S/C10H10N2O3S/c11-9(10(14)15)5-1-2-6-7(3-5)16-4-8(13)12-6/h1-3,9H,4,11H2,(H,12,13)(H,14,15). The molecule has 0 spiro atoms. The predicted octanol–water partition coefficient (Wildman–Crippen LogP) is 0.815. The van der Waals surface area contributed by atoms with Crippen molar-refractivity contribution in [1.29, 1.82) is 0 Å². The molecule has 16 heavy (non-hydrogen) atoms. The van der Waals surface area contributed by atoms with Crippen molar-refractivity contribution in [3.8, 4) is 0 Å². The van der Waals surface area contributed by atoms with Gasteiger partial charge >= 0.3 is 5.97 Å². The summed E-state index contributed by atoms with van der Waals surface area (Å²) in [5, 5.41) is 11.5. The van der Waals surface area contributed by atoms with E-state index in [0.29, 0.717) is 17.0 Å². The maximum absolute atomic E-state index is 11.1. The fourth-order valence-corrected chi connectivity index (χ4v) is 2.28. The number of amides is 1. The number of fused-ring (bicyclic) bond motifs is 1. The van der Waals surface area contributed by atoms with E-state index in [2.05, 4.69) is 5.32 Å². The molecule has 1 heterocycles. The van der Waals surface area contributed by atoms with Gasteiger partial charge in [0.2, 0.25) is 5.91 Å². The van der Waals surface area contributed by atoms with Gasteiger partial charge in [0.15, 0.2) is 0 Å². The molecule has 4 N–H and O–H groups in total. The van der Waals surface area contributed by atoms with Crippen LogP contribution in [0.5, 0.6) is 0 Å². The van der Waals surface area contributed by atoms with Crippen LogP contribution in [0.4, 0.5) is 5.69 Å². The third kappa shape index (κ3) is 2.02. The van der Waals surface area contributed by atoms with Crippen LogP contribution < -0.4 is 11.1 Å². The lowest BCUT2D eigenvalue weighted by Crippen LogP contribution is -2.22. The van der Waals surface area contributed by atoms with Gasteiger partial charge in [-0.05, 0) is 17.7 Å². The smallest absolute Gasteiger partial charge is 0.325 e. The van der Waals surface area contributed by atoms with Crippen LogP contribution in [-0.2, 0) is 9.59 Å². The Morgan fingerprint density at radius 3 is 3.00 bits per heavy atom. The molecular weight excluding hydrogens is 228 g/mol. The van der Waals surface area contributed by atoms with E-state index in [-0.39, 0.29) is 5.91 Å². The van der Waals surface area contributed by atoms with E-state index in [1.54, 1.807) is 18.2 Å². The summed E-state index contributed by atoms with van der Waals surface area (Å²) < 4.78 is 0. The van der Waals surface area contributed by atoms with E-state index in [0.717, 1.165) is 4.90 Å². The number of carboxylic acids is 1. The van der Waals surface area contributed by atoms with Crippen molar-refractivity contribution in [3.63, 3.8) is 0 Å². The Balaban J connectivity index is 2.33. The molecule has 0 bridgehead atoms. The third-order valence-corrected chi connectivity index (χ3v) is 3.32. The normalized spacial score (nSPS) is 16.2. The highest BCUT2D eigenvalue weighted by molar-refractivity contribution is 8.00. The van der Waals surface area contributed by atoms with Crippen molar-refractivity contribution in [1.82, 2.24) is 0 Å². The summed E-state index contributed by atoms with van der Waals surface area (Å²) in [4.78, 5) is 22.7. The Labute approximate surface area is 96.0 Å². The minimum Gasteiger partial charge on any atom is -0.480 e. The Kier molecular flexibility index (Phi) is 2.84. The summed E-state index contributed by atoms with van der Waals surface area (Å²) in [6, 6.07) is 3.98.